The minimum atomic E-state index is -0.339. The third-order valence-electron chi connectivity index (χ3n) is 3.49. The van der Waals surface area contributed by atoms with Gasteiger partial charge in [-0.3, -0.25) is 0 Å². The fraction of sp³-hybridized carbons (Fsp3) is 0.294. The van der Waals surface area contributed by atoms with Crippen molar-refractivity contribution in [1.29, 1.82) is 0 Å². The van der Waals surface area contributed by atoms with Gasteiger partial charge in [-0.25, -0.2) is 4.39 Å². The van der Waals surface area contributed by atoms with E-state index in [-0.39, 0.29) is 10.8 Å². The van der Waals surface area contributed by atoms with Crippen molar-refractivity contribution in [3.63, 3.8) is 0 Å². The van der Waals surface area contributed by atoms with Crippen LogP contribution in [0.1, 0.15) is 30.5 Å². The van der Waals surface area contributed by atoms with Crippen molar-refractivity contribution in [3.8, 4) is 0 Å². The smallest absolute Gasteiger partial charge is 0.146 e. The van der Waals surface area contributed by atoms with Crippen LogP contribution in [0.4, 0.5) is 10.1 Å². The van der Waals surface area contributed by atoms with Crippen molar-refractivity contribution < 1.29 is 4.39 Å². The zero-order valence-electron chi connectivity index (χ0n) is 11.8. The van der Waals surface area contributed by atoms with Gasteiger partial charge in [0.05, 0.1) is 5.02 Å². The van der Waals surface area contributed by atoms with Crippen LogP contribution >= 0.6 is 11.6 Å². The number of anilines is 1. The van der Waals surface area contributed by atoms with Crippen LogP contribution in [0.15, 0.2) is 36.4 Å². The molecule has 0 aliphatic rings. The fourth-order valence-electron chi connectivity index (χ4n) is 2.34. The second kappa shape index (κ2) is 6.76. The summed E-state index contributed by atoms with van der Waals surface area (Å²) in [7, 11) is 0. The van der Waals surface area contributed by atoms with E-state index in [2.05, 4.69) is 37.4 Å². The molecule has 0 radical (unpaired) electrons. The van der Waals surface area contributed by atoms with Gasteiger partial charge in [0.25, 0.3) is 0 Å². The van der Waals surface area contributed by atoms with Gasteiger partial charge in [-0.2, -0.15) is 0 Å². The highest BCUT2D eigenvalue weighted by Gasteiger charge is 2.09. The van der Waals surface area contributed by atoms with Crippen LogP contribution in [0.2, 0.25) is 5.02 Å². The summed E-state index contributed by atoms with van der Waals surface area (Å²) in [4.78, 5) is 0. The number of nitrogens with one attached hydrogen (secondary N) is 1. The first-order chi connectivity index (χ1) is 9.67. The maximum absolute atomic E-state index is 13.9. The van der Waals surface area contributed by atoms with Gasteiger partial charge in [0.15, 0.2) is 0 Å². The lowest BCUT2D eigenvalue weighted by molar-refractivity contribution is 0.613. The second-order valence-electron chi connectivity index (χ2n) is 4.72. The predicted octanol–water partition coefficient (Wildman–Crippen LogP) is 5.22. The minimum absolute atomic E-state index is 0.170. The Bertz CT molecular complexity index is 573. The molecule has 0 spiro atoms. The topological polar surface area (TPSA) is 12.0 Å². The highest BCUT2D eigenvalue weighted by Crippen LogP contribution is 2.24. The molecule has 0 amide bonds. The Morgan fingerprint density at radius 3 is 2.10 bits per heavy atom. The Morgan fingerprint density at radius 2 is 1.50 bits per heavy atom. The number of hydrogen-bond donors (Lipinski definition) is 1. The number of aryl methyl sites for hydroxylation is 2. The number of benzene rings is 2. The van der Waals surface area contributed by atoms with Crippen molar-refractivity contribution in [2.45, 2.75) is 33.2 Å². The molecule has 2 aromatic carbocycles. The van der Waals surface area contributed by atoms with E-state index in [0.29, 0.717) is 12.1 Å². The molecule has 1 nitrogen and oxygen atoms in total. The van der Waals surface area contributed by atoms with Crippen LogP contribution in [0, 0.1) is 5.82 Å². The van der Waals surface area contributed by atoms with E-state index in [1.165, 1.54) is 11.1 Å². The Morgan fingerprint density at radius 1 is 0.950 bits per heavy atom. The molecule has 0 saturated heterocycles. The molecular weight excluding hydrogens is 273 g/mol. The zero-order chi connectivity index (χ0) is 14.5. The van der Waals surface area contributed by atoms with E-state index in [1.54, 1.807) is 18.2 Å². The molecule has 2 aromatic rings. The Hall–Kier alpha value is -1.54. The summed E-state index contributed by atoms with van der Waals surface area (Å²) in [5.74, 6) is -0.339. The number of halogens is 2. The van der Waals surface area contributed by atoms with Crippen molar-refractivity contribution in [2.75, 3.05) is 5.32 Å². The molecule has 0 aliphatic heterocycles. The first-order valence-corrected chi connectivity index (χ1v) is 7.32. The molecule has 0 bridgehead atoms. The van der Waals surface area contributed by atoms with E-state index < -0.39 is 0 Å². The number of para-hydroxylation sites is 1. The first kappa shape index (κ1) is 14.9. The molecule has 0 atom stereocenters. The van der Waals surface area contributed by atoms with E-state index in [9.17, 15) is 4.39 Å². The molecular formula is C17H19ClFN. The summed E-state index contributed by atoms with van der Waals surface area (Å²) in [5, 5.41) is 3.54. The van der Waals surface area contributed by atoms with Crippen molar-refractivity contribution in [1.82, 2.24) is 0 Å². The third-order valence-corrected chi connectivity index (χ3v) is 3.78. The molecule has 0 aromatic heterocycles. The lowest BCUT2D eigenvalue weighted by Gasteiger charge is -2.16. The monoisotopic (exact) mass is 291 g/mol. The fourth-order valence-corrected chi connectivity index (χ4v) is 2.53. The van der Waals surface area contributed by atoms with Crippen LogP contribution < -0.4 is 5.32 Å². The van der Waals surface area contributed by atoms with Crippen LogP contribution in [-0.2, 0) is 19.4 Å². The SMILES string of the molecule is CCc1cccc(CC)c1NCc1cccc(Cl)c1F. The van der Waals surface area contributed by atoms with E-state index in [4.69, 9.17) is 11.6 Å². The van der Waals surface area contributed by atoms with Gasteiger partial charge in [-0.05, 0) is 30.0 Å². The van der Waals surface area contributed by atoms with Crippen LogP contribution in [0.25, 0.3) is 0 Å². The van der Waals surface area contributed by atoms with E-state index >= 15 is 0 Å². The Kier molecular flexibility index (Phi) is 5.02. The molecule has 0 saturated carbocycles. The second-order valence-corrected chi connectivity index (χ2v) is 5.13. The Labute approximate surface area is 124 Å². The summed E-state index contributed by atoms with van der Waals surface area (Å²) in [6.07, 6.45) is 1.91. The van der Waals surface area contributed by atoms with Crippen molar-refractivity contribution >= 4 is 17.3 Å². The molecule has 0 heterocycles. The van der Waals surface area contributed by atoms with Crippen LogP contribution in [-0.4, -0.2) is 0 Å². The van der Waals surface area contributed by atoms with Gasteiger partial charge >= 0.3 is 0 Å². The number of hydrogen-bond acceptors (Lipinski definition) is 1. The quantitative estimate of drug-likeness (QED) is 0.797. The largest absolute Gasteiger partial charge is 0.380 e. The predicted molar refractivity (Wildman–Crippen MR) is 83.9 cm³/mol. The standard InChI is InChI=1S/C17H19ClFN/c1-3-12-7-5-8-13(4-2)17(12)20-11-14-9-6-10-15(18)16(14)19/h5-10,20H,3-4,11H2,1-2H3. The average Bonchev–Trinajstić information content (AvgIpc) is 2.48. The van der Waals surface area contributed by atoms with Crippen LogP contribution in [0.5, 0.6) is 0 Å². The van der Waals surface area contributed by atoms with Gasteiger partial charge < -0.3 is 5.32 Å². The van der Waals surface area contributed by atoms with Gasteiger partial charge in [0.1, 0.15) is 5.82 Å². The van der Waals surface area contributed by atoms with Gasteiger partial charge in [-0.15, -0.1) is 0 Å². The van der Waals surface area contributed by atoms with Crippen LogP contribution in [0.3, 0.4) is 0 Å². The third kappa shape index (κ3) is 3.13. The summed E-state index contributed by atoms with van der Waals surface area (Å²) >= 11 is 5.81. The summed E-state index contributed by atoms with van der Waals surface area (Å²) in [6.45, 7) is 4.69. The van der Waals surface area contributed by atoms with Gasteiger partial charge in [0.2, 0.25) is 0 Å². The summed E-state index contributed by atoms with van der Waals surface area (Å²) in [6, 6.07) is 11.4. The average molecular weight is 292 g/mol. The maximum atomic E-state index is 13.9. The van der Waals surface area contributed by atoms with Gasteiger partial charge in [0, 0.05) is 17.8 Å². The van der Waals surface area contributed by atoms with Crippen molar-refractivity contribution in [3.05, 3.63) is 63.9 Å². The van der Waals surface area contributed by atoms with E-state index in [1.807, 2.05) is 0 Å². The highest BCUT2D eigenvalue weighted by atomic mass is 35.5. The molecule has 106 valence electrons. The molecule has 0 fully saturated rings. The molecule has 1 N–H and O–H groups in total. The van der Waals surface area contributed by atoms with E-state index in [0.717, 1.165) is 18.5 Å². The first-order valence-electron chi connectivity index (χ1n) is 6.94. The normalized spacial score (nSPS) is 10.6. The highest BCUT2D eigenvalue weighted by molar-refractivity contribution is 6.30. The lowest BCUT2D eigenvalue weighted by Crippen LogP contribution is -2.06. The summed E-state index contributed by atoms with van der Waals surface area (Å²) < 4.78 is 13.9. The Balaban J connectivity index is 2.24. The van der Waals surface area contributed by atoms with Crippen molar-refractivity contribution in [2.24, 2.45) is 0 Å². The van der Waals surface area contributed by atoms with Gasteiger partial charge in [-0.1, -0.05) is 55.8 Å². The number of rotatable bonds is 5. The molecule has 3 heteroatoms. The molecule has 0 unspecified atom stereocenters. The summed E-state index contributed by atoms with van der Waals surface area (Å²) in [5.41, 5.74) is 4.22. The molecule has 20 heavy (non-hydrogen) atoms. The lowest BCUT2D eigenvalue weighted by atomic mass is 10.0. The molecule has 0 aliphatic carbocycles. The molecule has 2 rings (SSSR count). The minimum Gasteiger partial charge on any atom is -0.380 e. The zero-order valence-corrected chi connectivity index (χ0v) is 12.6. The maximum Gasteiger partial charge on any atom is 0.146 e.